The Labute approximate surface area is 490 Å². The second-order valence-corrected chi connectivity index (χ2v) is 20.6. The molecule has 0 aromatic heterocycles. The van der Waals surface area contributed by atoms with Gasteiger partial charge < -0.3 is 39.0 Å². The van der Waals surface area contributed by atoms with Crippen molar-refractivity contribution in [1.82, 2.24) is 0 Å². The number of hydrogen-bond donors (Lipinski definition) is 3. The van der Waals surface area contributed by atoms with E-state index in [1.54, 1.807) is 0 Å². The van der Waals surface area contributed by atoms with Crippen molar-refractivity contribution in [3.8, 4) is 0 Å². The first-order valence-corrected chi connectivity index (χ1v) is 31.2. The van der Waals surface area contributed by atoms with Gasteiger partial charge in [-0.15, -0.1) is 0 Å². The maximum absolute atomic E-state index is 13.1. The normalized spacial score (nSPS) is 18.7. The molecule has 0 amide bonds. The van der Waals surface area contributed by atoms with Crippen LogP contribution in [-0.2, 0) is 42.9 Å². The smallest absolute Gasteiger partial charge is 0.335 e. The molecule has 1 rings (SSSR count). The van der Waals surface area contributed by atoms with Crippen molar-refractivity contribution >= 4 is 23.9 Å². The second-order valence-electron chi connectivity index (χ2n) is 20.6. The average Bonchev–Trinajstić information content (AvgIpc) is 3.54. The Morgan fingerprint density at radius 3 is 1.25 bits per heavy atom. The minimum absolute atomic E-state index is 0.0756. The quantitative estimate of drug-likeness (QED) is 0.0228. The van der Waals surface area contributed by atoms with Gasteiger partial charge in [-0.1, -0.05) is 219 Å². The molecule has 1 fully saturated rings. The van der Waals surface area contributed by atoms with E-state index in [9.17, 15) is 34.5 Å². The molecule has 3 N–H and O–H groups in total. The van der Waals surface area contributed by atoms with Gasteiger partial charge in [-0.2, -0.15) is 0 Å². The first kappa shape index (κ1) is 73.9. The predicted octanol–water partition coefficient (Wildman–Crippen LogP) is 16.6. The Morgan fingerprint density at radius 1 is 0.420 bits per heavy atom. The molecule has 1 heterocycles. The van der Waals surface area contributed by atoms with Crippen molar-refractivity contribution in [2.75, 3.05) is 13.2 Å². The number of allylic oxidation sites excluding steroid dienone is 22. The van der Waals surface area contributed by atoms with Gasteiger partial charge in [0.25, 0.3) is 0 Å². The molecule has 12 heteroatoms. The van der Waals surface area contributed by atoms with E-state index in [4.69, 9.17) is 23.7 Å². The van der Waals surface area contributed by atoms with Crippen molar-refractivity contribution in [1.29, 1.82) is 0 Å². The number of aliphatic hydroxyl groups excluding tert-OH is 2. The van der Waals surface area contributed by atoms with Gasteiger partial charge in [0.1, 0.15) is 18.8 Å². The Kier molecular flexibility index (Phi) is 50.5. The highest BCUT2D eigenvalue weighted by molar-refractivity contribution is 5.74. The number of esters is 3. The number of unbranched alkanes of at least 4 members (excludes halogenated alkanes) is 15. The second kappa shape index (κ2) is 55.4. The maximum atomic E-state index is 13.1. The van der Waals surface area contributed by atoms with E-state index in [0.717, 1.165) is 103 Å². The number of carboxylic acid groups (broad SMARTS) is 1. The molecule has 0 spiro atoms. The summed E-state index contributed by atoms with van der Waals surface area (Å²) in [7, 11) is 0. The number of ether oxygens (including phenoxy) is 5. The number of carbonyl (C=O) groups is 4. The minimum Gasteiger partial charge on any atom is -0.479 e. The largest absolute Gasteiger partial charge is 0.479 e. The van der Waals surface area contributed by atoms with E-state index in [0.29, 0.717) is 25.7 Å². The lowest BCUT2D eigenvalue weighted by Gasteiger charge is -2.40. The fraction of sp³-hybridized carbons (Fsp3) is 0.623. The van der Waals surface area contributed by atoms with E-state index in [1.165, 1.54) is 57.8 Å². The first-order chi connectivity index (χ1) is 39.6. The van der Waals surface area contributed by atoms with Gasteiger partial charge in [-0.25, -0.2) is 4.79 Å². The minimum atomic E-state index is -1.94. The van der Waals surface area contributed by atoms with E-state index >= 15 is 0 Å². The average molecular weight is 1130 g/mol. The van der Waals surface area contributed by atoms with E-state index < -0.39 is 67.3 Å². The summed E-state index contributed by atoms with van der Waals surface area (Å²) in [4.78, 5) is 51.2. The molecule has 456 valence electrons. The molecule has 12 nitrogen and oxygen atoms in total. The standard InChI is InChI=1S/C69H108O12/c1-4-7-10-13-16-19-22-25-27-29-31-33-35-38-40-43-46-49-52-55-61(70)77-58-60(79-62(71)56-53-50-47-44-41-37-24-21-18-15-12-9-6-3)59-78-69-67(65(74)64(73)66(81-69)68(75)76)80-63(72)57-54-51-48-45-42-39-36-34-32-30-28-26-23-20-17-14-11-8-5-2/h8-9,11-12,16-21,25-28,32,34,37,39,41-42,48,51,60,64-67,69,73-74H,4-7,10,13-15,22-24,29-31,33,35-36,38,40,43-47,49-50,52-59H2,1-3H3,(H,75,76)/b11-8-,12-9-,19-16-,20-17-,21-18-,27-25-,28-26-,34-32-,41-37-,42-39-,51-48-. The Bertz CT molecular complexity index is 1920. The molecule has 6 unspecified atom stereocenters. The van der Waals surface area contributed by atoms with Gasteiger partial charge in [0.2, 0.25) is 0 Å². The van der Waals surface area contributed by atoms with Crippen LogP contribution in [0, 0.1) is 0 Å². The highest BCUT2D eigenvalue weighted by Gasteiger charge is 2.50. The van der Waals surface area contributed by atoms with Gasteiger partial charge >= 0.3 is 23.9 Å². The van der Waals surface area contributed by atoms with Gasteiger partial charge in [-0.05, 0) is 122 Å². The van der Waals surface area contributed by atoms with E-state index in [-0.39, 0.29) is 25.9 Å². The summed E-state index contributed by atoms with van der Waals surface area (Å²) in [6.07, 6.45) is 65.7. The number of rotatable bonds is 51. The van der Waals surface area contributed by atoms with Crippen molar-refractivity contribution in [2.45, 2.75) is 263 Å². The van der Waals surface area contributed by atoms with Crippen LogP contribution in [-0.4, -0.2) is 89.2 Å². The van der Waals surface area contributed by atoms with Crippen molar-refractivity contribution in [3.63, 3.8) is 0 Å². The topological polar surface area (TPSA) is 175 Å². The maximum Gasteiger partial charge on any atom is 0.335 e. The van der Waals surface area contributed by atoms with Gasteiger partial charge in [-0.3, -0.25) is 14.4 Å². The molecule has 1 saturated heterocycles. The third-order valence-electron chi connectivity index (χ3n) is 13.2. The predicted molar refractivity (Wildman–Crippen MR) is 330 cm³/mol. The van der Waals surface area contributed by atoms with Gasteiger partial charge in [0.05, 0.1) is 6.61 Å². The van der Waals surface area contributed by atoms with Crippen LogP contribution in [0.2, 0.25) is 0 Å². The van der Waals surface area contributed by atoms with Gasteiger partial charge in [0.15, 0.2) is 24.6 Å². The van der Waals surface area contributed by atoms with Gasteiger partial charge in [0, 0.05) is 19.3 Å². The number of hydrogen-bond acceptors (Lipinski definition) is 11. The molecule has 6 atom stereocenters. The molecular formula is C69H108O12. The van der Waals surface area contributed by atoms with Crippen molar-refractivity contribution < 1.29 is 58.2 Å². The molecule has 0 aromatic rings. The molecule has 0 aromatic carbocycles. The summed E-state index contributed by atoms with van der Waals surface area (Å²) in [5, 5.41) is 31.5. The highest BCUT2D eigenvalue weighted by atomic mass is 16.7. The summed E-state index contributed by atoms with van der Waals surface area (Å²) in [6, 6.07) is 0. The Hall–Kier alpha value is -5.14. The Morgan fingerprint density at radius 2 is 0.802 bits per heavy atom. The summed E-state index contributed by atoms with van der Waals surface area (Å²) < 4.78 is 28.3. The number of aliphatic hydroxyl groups is 2. The summed E-state index contributed by atoms with van der Waals surface area (Å²) >= 11 is 0. The van der Waals surface area contributed by atoms with Crippen LogP contribution in [0.15, 0.2) is 134 Å². The summed E-state index contributed by atoms with van der Waals surface area (Å²) in [5.41, 5.74) is 0. The van der Waals surface area contributed by atoms with Crippen LogP contribution >= 0.6 is 0 Å². The van der Waals surface area contributed by atoms with Crippen LogP contribution in [0.3, 0.4) is 0 Å². The molecule has 0 saturated carbocycles. The molecule has 0 aliphatic carbocycles. The molecule has 0 radical (unpaired) electrons. The van der Waals surface area contributed by atoms with Crippen LogP contribution in [0.4, 0.5) is 0 Å². The summed E-state index contributed by atoms with van der Waals surface area (Å²) in [6.45, 7) is 5.68. The lowest BCUT2D eigenvalue weighted by Crippen LogP contribution is -2.61. The number of carbonyl (C=O) groups excluding carboxylic acids is 3. The zero-order valence-corrected chi connectivity index (χ0v) is 50.2. The molecule has 1 aliphatic heterocycles. The fourth-order valence-electron chi connectivity index (χ4n) is 8.50. The fourth-order valence-corrected chi connectivity index (χ4v) is 8.50. The summed E-state index contributed by atoms with van der Waals surface area (Å²) in [5.74, 6) is -3.29. The zero-order chi connectivity index (χ0) is 58.9. The third-order valence-corrected chi connectivity index (χ3v) is 13.2. The molecule has 0 bridgehead atoms. The van der Waals surface area contributed by atoms with E-state index in [2.05, 4.69) is 136 Å². The Balaban J connectivity index is 2.72. The number of aliphatic carboxylic acids is 1. The van der Waals surface area contributed by atoms with Crippen LogP contribution in [0.25, 0.3) is 0 Å². The number of carboxylic acids is 1. The molecular weight excluding hydrogens is 1020 g/mol. The van der Waals surface area contributed by atoms with Crippen LogP contribution < -0.4 is 0 Å². The van der Waals surface area contributed by atoms with Crippen molar-refractivity contribution in [3.05, 3.63) is 134 Å². The lowest BCUT2D eigenvalue weighted by molar-refractivity contribution is -0.301. The van der Waals surface area contributed by atoms with Crippen LogP contribution in [0.5, 0.6) is 0 Å². The monoisotopic (exact) mass is 1130 g/mol. The lowest BCUT2D eigenvalue weighted by atomic mass is 9.98. The van der Waals surface area contributed by atoms with Crippen molar-refractivity contribution in [2.24, 2.45) is 0 Å². The first-order valence-electron chi connectivity index (χ1n) is 31.2. The molecule has 81 heavy (non-hydrogen) atoms. The van der Waals surface area contributed by atoms with E-state index in [1.807, 2.05) is 18.2 Å². The zero-order valence-electron chi connectivity index (χ0n) is 50.2. The molecule has 1 aliphatic rings. The van der Waals surface area contributed by atoms with Crippen LogP contribution in [0.1, 0.15) is 226 Å². The SMILES string of the molecule is CC/C=C\C/C=C\C/C=C\C/C=C\C/C=C\C/C=C\CCC(=O)OC1C(OCC(COC(=O)CCCCCCCCCCC/C=C\C/C=C\CCCCC)OC(=O)CCCCC/C=C\C/C=C\C/C=C\CC)OC(C(=O)O)C(O)C1O. The third kappa shape index (κ3) is 45.1. The highest BCUT2D eigenvalue weighted by Crippen LogP contribution is 2.26.